The molecular weight excluding hydrogens is 354 g/mol. The van der Waals surface area contributed by atoms with Crippen molar-refractivity contribution in [3.05, 3.63) is 51.0 Å². The molecule has 2 aromatic carbocycles. The Morgan fingerprint density at radius 1 is 1.19 bits per heavy atom. The van der Waals surface area contributed by atoms with Crippen LogP contribution in [-0.4, -0.2) is 13.2 Å². The molecule has 21 heavy (non-hydrogen) atoms. The molecule has 1 aliphatic heterocycles. The molecule has 5 heteroatoms. The van der Waals surface area contributed by atoms with Gasteiger partial charge in [-0.05, 0) is 42.3 Å². The van der Waals surface area contributed by atoms with E-state index in [1.165, 1.54) is 5.56 Å². The van der Waals surface area contributed by atoms with Gasteiger partial charge in [-0.15, -0.1) is 0 Å². The topological polar surface area (TPSA) is 30.5 Å². The number of fused-ring (bicyclic) bond motifs is 1. The SMILES string of the molecule is Cc1ccc(Br)cc1NCc1cc(Cl)c2c(c1)OCCO2. The Bertz CT molecular complexity index is 676. The van der Waals surface area contributed by atoms with Crippen LogP contribution < -0.4 is 14.8 Å². The summed E-state index contributed by atoms with van der Waals surface area (Å²) in [6.07, 6.45) is 0. The number of ether oxygens (including phenoxy) is 2. The van der Waals surface area contributed by atoms with E-state index in [0.717, 1.165) is 21.5 Å². The molecule has 0 bridgehead atoms. The number of halogens is 2. The van der Waals surface area contributed by atoms with E-state index in [2.05, 4.69) is 40.3 Å². The van der Waals surface area contributed by atoms with Crippen molar-refractivity contribution in [2.24, 2.45) is 0 Å². The van der Waals surface area contributed by atoms with Gasteiger partial charge in [-0.25, -0.2) is 0 Å². The molecule has 3 nitrogen and oxygen atoms in total. The van der Waals surface area contributed by atoms with Crippen molar-refractivity contribution < 1.29 is 9.47 Å². The van der Waals surface area contributed by atoms with Crippen molar-refractivity contribution in [1.82, 2.24) is 0 Å². The van der Waals surface area contributed by atoms with Crippen molar-refractivity contribution >= 4 is 33.2 Å². The van der Waals surface area contributed by atoms with Crippen molar-refractivity contribution in [1.29, 1.82) is 0 Å². The number of nitrogens with one attached hydrogen (secondary N) is 1. The molecule has 0 amide bonds. The van der Waals surface area contributed by atoms with Crippen LogP contribution in [0.2, 0.25) is 5.02 Å². The summed E-state index contributed by atoms with van der Waals surface area (Å²) in [4.78, 5) is 0. The summed E-state index contributed by atoms with van der Waals surface area (Å²) in [5, 5.41) is 4.01. The number of hydrogen-bond donors (Lipinski definition) is 1. The van der Waals surface area contributed by atoms with E-state index in [1.54, 1.807) is 0 Å². The normalized spacial score (nSPS) is 13.1. The highest BCUT2D eigenvalue weighted by Gasteiger charge is 2.16. The van der Waals surface area contributed by atoms with E-state index >= 15 is 0 Å². The lowest BCUT2D eigenvalue weighted by Crippen LogP contribution is -2.16. The first-order chi connectivity index (χ1) is 10.1. The molecule has 110 valence electrons. The van der Waals surface area contributed by atoms with E-state index in [1.807, 2.05) is 18.2 Å². The van der Waals surface area contributed by atoms with Gasteiger partial charge in [-0.3, -0.25) is 0 Å². The summed E-state index contributed by atoms with van der Waals surface area (Å²) in [7, 11) is 0. The molecule has 1 heterocycles. The average Bonchev–Trinajstić information content (AvgIpc) is 2.48. The molecule has 0 aliphatic carbocycles. The van der Waals surface area contributed by atoms with Crippen molar-refractivity contribution in [3.63, 3.8) is 0 Å². The third-order valence-corrected chi connectivity index (χ3v) is 4.11. The lowest BCUT2D eigenvalue weighted by molar-refractivity contribution is 0.171. The minimum atomic E-state index is 0.543. The lowest BCUT2D eigenvalue weighted by atomic mass is 10.1. The molecule has 0 saturated heterocycles. The zero-order valence-corrected chi connectivity index (χ0v) is 13.9. The fourth-order valence-corrected chi connectivity index (χ4v) is 2.90. The highest BCUT2D eigenvalue weighted by Crippen LogP contribution is 2.38. The second-order valence-corrected chi connectivity index (χ2v) is 6.24. The largest absolute Gasteiger partial charge is 0.486 e. The van der Waals surface area contributed by atoms with E-state index in [4.69, 9.17) is 21.1 Å². The van der Waals surface area contributed by atoms with Crippen LogP contribution in [0.25, 0.3) is 0 Å². The average molecular weight is 369 g/mol. The van der Waals surface area contributed by atoms with Crippen molar-refractivity contribution in [2.75, 3.05) is 18.5 Å². The Morgan fingerprint density at radius 3 is 2.86 bits per heavy atom. The summed E-state index contributed by atoms with van der Waals surface area (Å²) < 4.78 is 12.2. The van der Waals surface area contributed by atoms with Crippen LogP contribution in [0.5, 0.6) is 11.5 Å². The van der Waals surface area contributed by atoms with Gasteiger partial charge < -0.3 is 14.8 Å². The van der Waals surface area contributed by atoms with Gasteiger partial charge in [0.1, 0.15) is 13.2 Å². The van der Waals surface area contributed by atoms with Gasteiger partial charge >= 0.3 is 0 Å². The van der Waals surface area contributed by atoms with Crippen LogP contribution in [0.1, 0.15) is 11.1 Å². The maximum Gasteiger partial charge on any atom is 0.179 e. The van der Waals surface area contributed by atoms with E-state index < -0.39 is 0 Å². The van der Waals surface area contributed by atoms with E-state index in [9.17, 15) is 0 Å². The van der Waals surface area contributed by atoms with Gasteiger partial charge in [0, 0.05) is 16.7 Å². The predicted molar refractivity (Wildman–Crippen MR) is 88.6 cm³/mol. The Hall–Kier alpha value is -1.39. The van der Waals surface area contributed by atoms with E-state index in [0.29, 0.717) is 30.5 Å². The lowest BCUT2D eigenvalue weighted by Gasteiger charge is -2.20. The molecule has 0 saturated carbocycles. The first-order valence-corrected chi connectivity index (χ1v) is 7.88. The fraction of sp³-hybridized carbons (Fsp3) is 0.250. The van der Waals surface area contributed by atoms with Gasteiger partial charge in [-0.2, -0.15) is 0 Å². The molecule has 0 radical (unpaired) electrons. The second kappa shape index (κ2) is 6.16. The summed E-state index contributed by atoms with van der Waals surface area (Å²) in [5.74, 6) is 1.36. The molecule has 0 fully saturated rings. The van der Waals surface area contributed by atoms with Gasteiger partial charge in [0.25, 0.3) is 0 Å². The number of aryl methyl sites for hydroxylation is 1. The van der Waals surface area contributed by atoms with Gasteiger partial charge in [0.2, 0.25) is 0 Å². The summed E-state index contributed by atoms with van der Waals surface area (Å²) in [5.41, 5.74) is 3.35. The van der Waals surface area contributed by atoms with Crippen LogP contribution in [0, 0.1) is 6.92 Å². The Balaban J connectivity index is 1.79. The first kappa shape index (κ1) is 14.5. The number of benzene rings is 2. The Morgan fingerprint density at radius 2 is 2.00 bits per heavy atom. The van der Waals surface area contributed by atoms with Crippen LogP contribution >= 0.6 is 27.5 Å². The predicted octanol–water partition coefficient (Wildman–Crippen LogP) is 4.79. The van der Waals surface area contributed by atoms with Gasteiger partial charge in [-0.1, -0.05) is 33.6 Å². The van der Waals surface area contributed by atoms with Crippen molar-refractivity contribution in [3.8, 4) is 11.5 Å². The summed E-state index contributed by atoms with van der Waals surface area (Å²) in [6.45, 7) is 3.85. The molecule has 3 rings (SSSR count). The van der Waals surface area contributed by atoms with Crippen LogP contribution in [0.3, 0.4) is 0 Å². The zero-order chi connectivity index (χ0) is 14.8. The maximum absolute atomic E-state index is 6.25. The smallest absolute Gasteiger partial charge is 0.179 e. The minimum absolute atomic E-state index is 0.543. The molecule has 0 aromatic heterocycles. The zero-order valence-electron chi connectivity index (χ0n) is 11.6. The molecule has 1 N–H and O–H groups in total. The highest BCUT2D eigenvalue weighted by molar-refractivity contribution is 9.10. The van der Waals surface area contributed by atoms with Crippen LogP contribution in [0.15, 0.2) is 34.8 Å². The quantitative estimate of drug-likeness (QED) is 0.844. The van der Waals surface area contributed by atoms with E-state index in [-0.39, 0.29) is 0 Å². The number of rotatable bonds is 3. The minimum Gasteiger partial charge on any atom is -0.486 e. The Kier molecular flexibility index (Phi) is 4.27. The molecule has 0 unspecified atom stereocenters. The number of anilines is 1. The highest BCUT2D eigenvalue weighted by atomic mass is 79.9. The summed E-state index contributed by atoms with van der Waals surface area (Å²) >= 11 is 9.73. The summed E-state index contributed by atoms with van der Waals surface area (Å²) in [6, 6.07) is 10.1. The van der Waals surface area contributed by atoms with Gasteiger partial charge in [0.15, 0.2) is 11.5 Å². The van der Waals surface area contributed by atoms with Crippen LogP contribution in [-0.2, 0) is 6.54 Å². The molecule has 0 spiro atoms. The second-order valence-electron chi connectivity index (χ2n) is 4.91. The van der Waals surface area contributed by atoms with Crippen LogP contribution in [0.4, 0.5) is 5.69 Å². The Labute approximate surface area is 137 Å². The molecular formula is C16H15BrClNO2. The third kappa shape index (κ3) is 3.27. The fourth-order valence-electron chi connectivity index (χ4n) is 2.25. The monoisotopic (exact) mass is 367 g/mol. The molecule has 2 aromatic rings. The van der Waals surface area contributed by atoms with Gasteiger partial charge in [0.05, 0.1) is 5.02 Å². The first-order valence-electron chi connectivity index (χ1n) is 6.71. The molecule has 0 atom stereocenters. The standard InChI is InChI=1S/C16H15BrClNO2/c1-10-2-3-12(17)8-14(10)19-9-11-6-13(18)16-15(7-11)20-4-5-21-16/h2-3,6-8,19H,4-5,9H2,1H3. The molecule has 1 aliphatic rings. The maximum atomic E-state index is 6.25. The third-order valence-electron chi connectivity index (χ3n) is 3.34. The van der Waals surface area contributed by atoms with Crippen molar-refractivity contribution in [2.45, 2.75) is 13.5 Å². The number of hydrogen-bond acceptors (Lipinski definition) is 3.